The number of amides is 2. The monoisotopic (exact) mass is 393 g/mol. The zero-order valence-corrected chi connectivity index (χ0v) is 16.0. The maximum atomic E-state index is 11.9. The predicted octanol–water partition coefficient (Wildman–Crippen LogP) is 1.22. The molecule has 2 aromatic rings. The molecule has 0 spiro atoms. The van der Waals surface area contributed by atoms with Gasteiger partial charge >= 0.3 is 0 Å². The highest BCUT2D eigenvalue weighted by atomic mass is 32.1. The van der Waals surface area contributed by atoms with E-state index in [-0.39, 0.29) is 18.2 Å². The molecule has 2 rings (SSSR count). The molecule has 2 N–H and O–H groups in total. The van der Waals surface area contributed by atoms with Gasteiger partial charge in [0.15, 0.2) is 11.5 Å². The third-order valence-corrected chi connectivity index (χ3v) is 3.99. The Hall–Kier alpha value is -3.21. The fourth-order valence-electron chi connectivity index (χ4n) is 2.06. The van der Waals surface area contributed by atoms with E-state index in [4.69, 9.17) is 14.2 Å². The first-order valence-corrected chi connectivity index (χ1v) is 8.50. The smallest absolute Gasteiger partial charge is 0.247 e. The summed E-state index contributed by atoms with van der Waals surface area (Å²) in [4.78, 5) is 22.9. The Labute approximate surface area is 159 Å². The number of hydrogen-bond donors (Lipinski definition) is 2. The number of rotatable bonds is 8. The maximum absolute atomic E-state index is 11.9. The van der Waals surface area contributed by atoms with Crippen LogP contribution >= 0.6 is 11.3 Å². The quantitative estimate of drug-likeness (QED) is 0.510. The highest BCUT2D eigenvalue weighted by Crippen LogP contribution is 2.37. The molecule has 0 saturated carbocycles. The average Bonchev–Trinajstić information content (AvgIpc) is 3.06. The maximum Gasteiger partial charge on any atom is 0.247 e. The Bertz CT molecular complexity index is 826. The van der Waals surface area contributed by atoms with E-state index < -0.39 is 0 Å². The first-order chi connectivity index (χ1) is 13.0. The SMILES string of the molecule is COc1cc(C=NNC(=O)Cc2nnc(NC(C)=O)s2)cc(OC)c1OC. The summed E-state index contributed by atoms with van der Waals surface area (Å²) in [6.07, 6.45) is 1.44. The van der Waals surface area contributed by atoms with Gasteiger partial charge in [-0.3, -0.25) is 9.59 Å². The van der Waals surface area contributed by atoms with E-state index >= 15 is 0 Å². The first kappa shape index (κ1) is 20.1. The number of ether oxygens (including phenoxy) is 3. The summed E-state index contributed by atoms with van der Waals surface area (Å²) in [6.45, 7) is 1.37. The van der Waals surface area contributed by atoms with Crippen molar-refractivity contribution in [3.63, 3.8) is 0 Å². The van der Waals surface area contributed by atoms with Crippen LogP contribution in [-0.2, 0) is 16.0 Å². The highest BCUT2D eigenvalue weighted by Gasteiger charge is 2.13. The number of nitrogens with zero attached hydrogens (tertiary/aromatic N) is 3. The predicted molar refractivity (Wildman–Crippen MR) is 99.8 cm³/mol. The van der Waals surface area contributed by atoms with Crippen molar-refractivity contribution in [3.8, 4) is 17.2 Å². The van der Waals surface area contributed by atoms with Crippen LogP contribution in [0.5, 0.6) is 17.2 Å². The van der Waals surface area contributed by atoms with Gasteiger partial charge in [0.1, 0.15) is 5.01 Å². The molecule has 0 bridgehead atoms. The van der Waals surface area contributed by atoms with Crippen LogP contribution in [-0.4, -0.2) is 49.6 Å². The topological polar surface area (TPSA) is 124 Å². The molecular formula is C16H19N5O5S. The molecule has 0 aliphatic heterocycles. The summed E-state index contributed by atoms with van der Waals surface area (Å²) in [5.74, 6) is 0.793. The van der Waals surface area contributed by atoms with Gasteiger partial charge in [0.25, 0.3) is 0 Å². The van der Waals surface area contributed by atoms with Gasteiger partial charge in [-0.05, 0) is 12.1 Å². The number of anilines is 1. The van der Waals surface area contributed by atoms with Crippen molar-refractivity contribution in [2.75, 3.05) is 26.6 Å². The number of benzene rings is 1. The van der Waals surface area contributed by atoms with Gasteiger partial charge in [-0.25, -0.2) is 5.43 Å². The number of hydrazone groups is 1. The number of carbonyl (C=O) groups is 2. The Morgan fingerprint density at radius 1 is 1.15 bits per heavy atom. The number of aromatic nitrogens is 2. The number of carbonyl (C=O) groups excluding carboxylic acids is 2. The van der Waals surface area contributed by atoms with E-state index in [0.717, 1.165) is 11.3 Å². The van der Waals surface area contributed by atoms with Crippen LogP contribution in [0.2, 0.25) is 0 Å². The third-order valence-electron chi connectivity index (χ3n) is 3.15. The summed E-state index contributed by atoms with van der Waals surface area (Å²) < 4.78 is 15.8. The highest BCUT2D eigenvalue weighted by molar-refractivity contribution is 7.15. The van der Waals surface area contributed by atoms with Crippen molar-refractivity contribution in [2.24, 2.45) is 5.10 Å². The second-order valence-corrected chi connectivity index (χ2v) is 6.17. The van der Waals surface area contributed by atoms with E-state index in [1.54, 1.807) is 12.1 Å². The molecule has 0 aliphatic carbocycles. The van der Waals surface area contributed by atoms with Crippen molar-refractivity contribution in [1.29, 1.82) is 0 Å². The van der Waals surface area contributed by atoms with Crippen LogP contribution in [0.3, 0.4) is 0 Å². The Morgan fingerprint density at radius 2 is 1.81 bits per heavy atom. The molecule has 1 aromatic carbocycles. The zero-order chi connectivity index (χ0) is 19.8. The summed E-state index contributed by atoms with van der Waals surface area (Å²) in [5, 5.41) is 14.8. The van der Waals surface area contributed by atoms with Gasteiger partial charge in [0.05, 0.1) is 34.0 Å². The fourth-order valence-corrected chi connectivity index (χ4v) is 2.84. The molecule has 0 radical (unpaired) electrons. The number of nitrogens with one attached hydrogen (secondary N) is 2. The molecule has 0 saturated heterocycles. The summed E-state index contributed by atoms with van der Waals surface area (Å²) >= 11 is 1.12. The minimum atomic E-state index is -0.371. The van der Waals surface area contributed by atoms with Gasteiger partial charge in [-0.1, -0.05) is 11.3 Å². The molecule has 2 amide bonds. The van der Waals surface area contributed by atoms with Gasteiger partial charge in [-0.2, -0.15) is 5.10 Å². The molecular weight excluding hydrogens is 374 g/mol. The van der Waals surface area contributed by atoms with Crippen LogP contribution in [0, 0.1) is 0 Å². The lowest BCUT2D eigenvalue weighted by molar-refractivity contribution is -0.120. The van der Waals surface area contributed by atoms with Crippen LogP contribution in [0.15, 0.2) is 17.2 Å². The Morgan fingerprint density at radius 3 is 2.37 bits per heavy atom. The molecule has 0 atom stereocenters. The number of methoxy groups -OCH3 is 3. The van der Waals surface area contributed by atoms with Gasteiger partial charge in [-0.15, -0.1) is 10.2 Å². The summed E-state index contributed by atoms with van der Waals surface area (Å²) in [6, 6.07) is 3.39. The molecule has 0 unspecified atom stereocenters. The molecule has 27 heavy (non-hydrogen) atoms. The van der Waals surface area contributed by atoms with Crippen molar-refractivity contribution in [1.82, 2.24) is 15.6 Å². The second-order valence-electron chi connectivity index (χ2n) is 5.11. The average molecular weight is 393 g/mol. The van der Waals surface area contributed by atoms with Crippen LogP contribution in [0.25, 0.3) is 0 Å². The molecule has 11 heteroatoms. The Kier molecular flexibility index (Phi) is 7.06. The lowest BCUT2D eigenvalue weighted by Gasteiger charge is -2.12. The van der Waals surface area contributed by atoms with Gasteiger partial charge in [0, 0.05) is 12.5 Å². The van der Waals surface area contributed by atoms with Crippen LogP contribution in [0.1, 0.15) is 17.5 Å². The van der Waals surface area contributed by atoms with E-state index in [1.165, 1.54) is 34.5 Å². The second kappa shape index (κ2) is 9.48. The van der Waals surface area contributed by atoms with Crippen molar-refractivity contribution in [3.05, 3.63) is 22.7 Å². The van der Waals surface area contributed by atoms with Crippen LogP contribution < -0.4 is 25.0 Å². The van der Waals surface area contributed by atoms with E-state index in [2.05, 4.69) is 26.0 Å². The third kappa shape index (κ3) is 5.64. The van der Waals surface area contributed by atoms with Crippen LogP contribution in [0.4, 0.5) is 5.13 Å². The summed E-state index contributed by atoms with van der Waals surface area (Å²) in [5.41, 5.74) is 3.05. The van der Waals surface area contributed by atoms with Crippen molar-refractivity contribution in [2.45, 2.75) is 13.3 Å². The van der Waals surface area contributed by atoms with E-state index in [9.17, 15) is 9.59 Å². The standard InChI is InChI=1S/C16H19N5O5S/c1-9(22)18-16-21-20-14(27-16)7-13(23)19-17-8-10-5-11(24-2)15(26-4)12(6-10)25-3/h5-6,8H,7H2,1-4H3,(H,19,23)(H,18,21,22). The molecule has 0 fully saturated rings. The first-order valence-electron chi connectivity index (χ1n) is 7.68. The zero-order valence-electron chi connectivity index (χ0n) is 15.2. The van der Waals surface area contributed by atoms with Gasteiger partial charge in [0.2, 0.25) is 22.7 Å². The van der Waals surface area contributed by atoms with E-state index in [0.29, 0.717) is 33.0 Å². The molecule has 1 heterocycles. The Balaban J connectivity index is 1.99. The lowest BCUT2D eigenvalue weighted by atomic mass is 10.2. The molecule has 0 aliphatic rings. The lowest BCUT2D eigenvalue weighted by Crippen LogP contribution is -2.19. The normalized spacial score (nSPS) is 10.5. The molecule has 10 nitrogen and oxygen atoms in total. The fraction of sp³-hybridized carbons (Fsp3) is 0.312. The minimum absolute atomic E-state index is 0.0101. The van der Waals surface area contributed by atoms with E-state index in [1.807, 2.05) is 0 Å². The summed E-state index contributed by atoms with van der Waals surface area (Å²) in [7, 11) is 4.54. The van der Waals surface area contributed by atoms with Crippen molar-refractivity contribution >= 4 is 34.5 Å². The number of hydrogen-bond acceptors (Lipinski definition) is 9. The van der Waals surface area contributed by atoms with Gasteiger partial charge < -0.3 is 19.5 Å². The molecule has 1 aromatic heterocycles. The largest absolute Gasteiger partial charge is 0.493 e. The minimum Gasteiger partial charge on any atom is -0.493 e. The molecule has 144 valence electrons. The van der Waals surface area contributed by atoms with Crippen molar-refractivity contribution < 1.29 is 23.8 Å².